The van der Waals surface area contributed by atoms with Crippen LogP contribution in [0.25, 0.3) is 0 Å². The van der Waals surface area contributed by atoms with Crippen molar-refractivity contribution >= 4 is 11.6 Å². The Balaban J connectivity index is 1.40. The number of unbranched alkanes of at least 4 members (excludes halogenated alkanes) is 1. The van der Waals surface area contributed by atoms with Crippen LogP contribution in [0.1, 0.15) is 61.6 Å². The van der Waals surface area contributed by atoms with E-state index in [1.54, 1.807) is 6.20 Å². The smallest absolute Gasteiger partial charge is 0.168 e. The first-order chi connectivity index (χ1) is 14.0. The summed E-state index contributed by atoms with van der Waals surface area (Å²) >= 11 is 0. The molecular weight excluding hydrogens is 366 g/mol. The number of carbonyl (C=O) groups is 1. The fourth-order valence-corrected chi connectivity index (χ4v) is 4.29. The zero-order valence-electron chi connectivity index (χ0n) is 17.4. The summed E-state index contributed by atoms with van der Waals surface area (Å²) in [5, 5.41) is 8.09. The predicted molar refractivity (Wildman–Crippen MR) is 112 cm³/mol. The zero-order chi connectivity index (χ0) is 20.3. The first kappa shape index (κ1) is 20.0. The molecule has 1 unspecified atom stereocenters. The molecule has 4 rings (SSSR count). The summed E-state index contributed by atoms with van der Waals surface area (Å²) in [6.45, 7) is 9.00. The molecule has 7 nitrogen and oxygen atoms in total. The average Bonchev–Trinajstić information content (AvgIpc) is 3.17. The van der Waals surface area contributed by atoms with Crippen molar-refractivity contribution in [1.29, 1.82) is 0 Å². The minimum absolute atomic E-state index is 0.0725. The molecule has 1 fully saturated rings. The molecule has 1 N–H and O–H groups in total. The lowest BCUT2D eigenvalue weighted by molar-refractivity contribution is 0.0371. The number of morpholine rings is 1. The Morgan fingerprint density at radius 2 is 2.10 bits per heavy atom. The second kappa shape index (κ2) is 8.63. The van der Waals surface area contributed by atoms with Crippen molar-refractivity contribution in [3.05, 3.63) is 41.9 Å². The standard InChI is InChI=1S/C22H31N5O2/c1-22(2)15-19(18-7-3-5-9-23-18)25-21-17(16-24-27(21)22)20(28)8-4-6-10-26-11-13-29-14-12-26/h3,5,7,9,16,19,25H,4,6,8,10-15H2,1-2H3. The maximum atomic E-state index is 12.9. The highest BCUT2D eigenvalue weighted by molar-refractivity contribution is 6.00. The number of Topliss-reactive ketones (excluding diaryl/α,β-unsaturated/α-hetero) is 1. The van der Waals surface area contributed by atoms with Gasteiger partial charge in [0.1, 0.15) is 5.82 Å². The Kier molecular flexibility index (Phi) is 5.96. The molecule has 0 radical (unpaired) electrons. The van der Waals surface area contributed by atoms with Gasteiger partial charge in [0.25, 0.3) is 0 Å². The number of ketones is 1. The molecule has 0 amide bonds. The largest absolute Gasteiger partial charge is 0.379 e. The Morgan fingerprint density at radius 3 is 2.86 bits per heavy atom. The Hall–Kier alpha value is -2.25. The molecule has 0 bridgehead atoms. The van der Waals surface area contributed by atoms with Gasteiger partial charge in [-0.15, -0.1) is 0 Å². The van der Waals surface area contributed by atoms with E-state index in [1.807, 2.05) is 29.1 Å². The average molecular weight is 398 g/mol. The van der Waals surface area contributed by atoms with E-state index < -0.39 is 0 Å². The van der Waals surface area contributed by atoms with Crippen LogP contribution < -0.4 is 5.32 Å². The minimum atomic E-state index is -0.183. The van der Waals surface area contributed by atoms with Crippen molar-refractivity contribution in [2.24, 2.45) is 0 Å². The van der Waals surface area contributed by atoms with Gasteiger partial charge in [-0.25, -0.2) is 4.68 Å². The number of carbonyl (C=O) groups excluding carboxylic acids is 1. The van der Waals surface area contributed by atoms with E-state index in [0.717, 1.165) is 63.6 Å². The van der Waals surface area contributed by atoms with Crippen LogP contribution in [0.4, 0.5) is 5.82 Å². The van der Waals surface area contributed by atoms with E-state index >= 15 is 0 Å². The van der Waals surface area contributed by atoms with Crippen molar-refractivity contribution in [2.75, 3.05) is 38.2 Å². The third-order valence-corrected chi connectivity index (χ3v) is 5.93. The van der Waals surface area contributed by atoms with Crippen molar-refractivity contribution in [3.63, 3.8) is 0 Å². The molecule has 7 heteroatoms. The molecule has 1 atom stereocenters. The summed E-state index contributed by atoms with van der Waals surface area (Å²) in [5.74, 6) is 0.994. The summed E-state index contributed by atoms with van der Waals surface area (Å²) in [4.78, 5) is 19.9. The fourth-order valence-electron chi connectivity index (χ4n) is 4.29. The van der Waals surface area contributed by atoms with E-state index in [-0.39, 0.29) is 17.4 Å². The molecule has 2 aromatic heterocycles. The van der Waals surface area contributed by atoms with Crippen molar-refractivity contribution < 1.29 is 9.53 Å². The summed E-state index contributed by atoms with van der Waals surface area (Å²) < 4.78 is 7.35. The van der Waals surface area contributed by atoms with Gasteiger partial charge in [0.05, 0.1) is 42.2 Å². The maximum Gasteiger partial charge on any atom is 0.168 e. The normalized spacial score (nSPS) is 21.4. The SMILES string of the molecule is CC1(C)CC(c2ccccn2)Nc2c(C(=O)CCCCN3CCOCC3)cnn21. The van der Waals surface area contributed by atoms with Gasteiger partial charge in [0, 0.05) is 25.7 Å². The highest BCUT2D eigenvalue weighted by Crippen LogP contribution is 2.39. The monoisotopic (exact) mass is 397 g/mol. The van der Waals surface area contributed by atoms with Crippen LogP contribution in [0.2, 0.25) is 0 Å². The lowest BCUT2D eigenvalue weighted by Gasteiger charge is -2.37. The number of fused-ring (bicyclic) bond motifs is 1. The zero-order valence-corrected chi connectivity index (χ0v) is 17.4. The minimum Gasteiger partial charge on any atom is -0.379 e. The van der Waals surface area contributed by atoms with Crippen LogP contribution in [-0.2, 0) is 10.3 Å². The van der Waals surface area contributed by atoms with Crippen LogP contribution in [0, 0.1) is 0 Å². The van der Waals surface area contributed by atoms with E-state index in [1.165, 1.54) is 0 Å². The molecule has 29 heavy (non-hydrogen) atoms. The number of rotatable bonds is 7. The lowest BCUT2D eigenvalue weighted by Crippen LogP contribution is -2.38. The van der Waals surface area contributed by atoms with Gasteiger partial charge in [0.15, 0.2) is 5.78 Å². The number of aromatic nitrogens is 3. The number of nitrogens with one attached hydrogen (secondary N) is 1. The summed E-state index contributed by atoms with van der Waals surface area (Å²) in [6.07, 6.45) is 6.90. The molecule has 0 saturated carbocycles. The lowest BCUT2D eigenvalue weighted by atomic mass is 9.90. The molecule has 0 spiro atoms. The topological polar surface area (TPSA) is 72.3 Å². The quantitative estimate of drug-likeness (QED) is 0.571. The third-order valence-electron chi connectivity index (χ3n) is 5.93. The predicted octanol–water partition coefficient (Wildman–Crippen LogP) is 3.26. The van der Waals surface area contributed by atoms with Crippen LogP contribution in [0.3, 0.4) is 0 Å². The summed E-state index contributed by atoms with van der Waals surface area (Å²) in [6, 6.07) is 6.03. The first-order valence-electron chi connectivity index (χ1n) is 10.6. The molecule has 2 aromatic rings. The summed E-state index contributed by atoms with van der Waals surface area (Å²) in [7, 11) is 0. The van der Waals surface area contributed by atoms with Gasteiger partial charge in [-0.05, 0) is 51.8 Å². The van der Waals surface area contributed by atoms with Crippen LogP contribution in [0.5, 0.6) is 0 Å². The maximum absolute atomic E-state index is 12.9. The Labute approximate surface area is 172 Å². The number of anilines is 1. The van der Waals surface area contributed by atoms with Gasteiger partial charge in [0.2, 0.25) is 0 Å². The number of nitrogens with zero attached hydrogens (tertiary/aromatic N) is 4. The number of hydrogen-bond donors (Lipinski definition) is 1. The van der Waals surface area contributed by atoms with E-state index in [0.29, 0.717) is 12.0 Å². The highest BCUT2D eigenvalue weighted by Gasteiger charge is 2.36. The molecule has 156 valence electrons. The molecule has 0 aromatic carbocycles. The molecule has 4 heterocycles. The van der Waals surface area contributed by atoms with Gasteiger partial charge in [-0.1, -0.05) is 6.07 Å². The summed E-state index contributed by atoms with van der Waals surface area (Å²) in [5.41, 5.74) is 1.51. The first-order valence-corrected chi connectivity index (χ1v) is 10.6. The van der Waals surface area contributed by atoms with Crippen molar-refractivity contribution in [1.82, 2.24) is 19.7 Å². The second-order valence-electron chi connectivity index (χ2n) is 8.62. The van der Waals surface area contributed by atoms with Crippen molar-refractivity contribution in [2.45, 2.75) is 51.1 Å². The van der Waals surface area contributed by atoms with Gasteiger partial charge >= 0.3 is 0 Å². The molecule has 2 aliphatic heterocycles. The fraction of sp³-hybridized carbons (Fsp3) is 0.591. The second-order valence-corrected chi connectivity index (χ2v) is 8.62. The van der Waals surface area contributed by atoms with Crippen LogP contribution in [-0.4, -0.2) is 58.3 Å². The highest BCUT2D eigenvalue weighted by atomic mass is 16.5. The Bertz CT molecular complexity index is 827. The van der Waals surface area contributed by atoms with Crippen LogP contribution in [0.15, 0.2) is 30.6 Å². The van der Waals surface area contributed by atoms with Gasteiger partial charge < -0.3 is 10.1 Å². The van der Waals surface area contributed by atoms with Gasteiger partial charge in [-0.2, -0.15) is 5.10 Å². The molecular formula is C22H31N5O2. The molecule has 2 aliphatic rings. The van der Waals surface area contributed by atoms with E-state index in [9.17, 15) is 4.79 Å². The Morgan fingerprint density at radius 1 is 1.28 bits per heavy atom. The number of ether oxygens (including phenoxy) is 1. The molecule has 0 aliphatic carbocycles. The number of hydrogen-bond acceptors (Lipinski definition) is 6. The van der Waals surface area contributed by atoms with Gasteiger partial charge in [-0.3, -0.25) is 14.7 Å². The van der Waals surface area contributed by atoms with E-state index in [4.69, 9.17) is 4.74 Å². The van der Waals surface area contributed by atoms with E-state index in [2.05, 4.69) is 34.1 Å². The molecule has 1 saturated heterocycles. The van der Waals surface area contributed by atoms with Crippen molar-refractivity contribution in [3.8, 4) is 0 Å². The number of pyridine rings is 1. The third kappa shape index (κ3) is 4.51. The van der Waals surface area contributed by atoms with Crippen LogP contribution >= 0.6 is 0 Å².